The van der Waals surface area contributed by atoms with Crippen LogP contribution in [0.1, 0.15) is 92.0 Å². The van der Waals surface area contributed by atoms with Gasteiger partial charge in [0.05, 0.1) is 89.4 Å². The Hall–Kier alpha value is -9.39. The number of aromatic nitrogens is 11. The third-order valence-electron chi connectivity index (χ3n) is 23.5. The van der Waals surface area contributed by atoms with Gasteiger partial charge in [0.1, 0.15) is 5.60 Å². The molecule has 28 nitrogen and oxygen atoms in total. The Balaban J connectivity index is 0.000000110. The molecule has 0 bridgehead atoms. The number of alkyl carbamates (subject to hydrolysis) is 1. The molecule has 4 saturated heterocycles. The number of hydrogen-bond acceptors (Lipinski definition) is 19. The maximum Gasteiger partial charge on any atom is 0.416 e. The highest BCUT2D eigenvalue weighted by Gasteiger charge is 2.46. The van der Waals surface area contributed by atoms with Crippen LogP contribution in [0.4, 0.5) is 52.1 Å². The van der Waals surface area contributed by atoms with E-state index in [1.807, 2.05) is 103 Å². The first-order valence-electron chi connectivity index (χ1n) is 38.7. The van der Waals surface area contributed by atoms with Gasteiger partial charge >= 0.3 is 12.3 Å². The van der Waals surface area contributed by atoms with E-state index in [1.54, 1.807) is 10.4 Å². The second-order valence-electron chi connectivity index (χ2n) is 31.1. The molecule has 6 aromatic heterocycles. The number of piperidine rings is 1. The summed E-state index contributed by atoms with van der Waals surface area (Å²) in [5, 5.41) is 45.3. The molecule has 1 amide bonds. The van der Waals surface area contributed by atoms with Gasteiger partial charge in [-0.15, -0.1) is 0 Å². The molecule has 4 atom stereocenters. The highest BCUT2D eigenvalue weighted by molar-refractivity contribution is 7.92. The maximum atomic E-state index is 13.4. The van der Waals surface area contributed by atoms with Crippen LogP contribution in [-0.2, 0) is 66.9 Å². The highest BCUT2D eigenvalue weighted by atomic mass is 35.5. The number of sulfonamides is 3. The van der Waals surface area contributed by atoms with Crippen LogP contribution in [-0.4, -0.2) is 203 Å². The van der Waals surface area contributed by atoms with Crippen molar-refractivity contribution in [1.29, 1.82) is 0 Å². The number of hydrogen-bond donors (Lipinski definition) is 7. The Kier molecular flexibility index (Phi) is 23.0. The molecule has 7 N–H and O–H groups in total. The molecule has 1 spiro atoms. The fourth-order valence-electron chi connectivity index (χ4n) is 18.1. The van der Waals surface area contributed by atoms with Crippen LogP contribution in [0.25, 0.3) is 54.5 Å². The third kappa shape index (κ3) is 17.7. The van der Waals surface area contributed by atoms with E-state index in [-0.39, 0.29) is 42.4 Å². The van der Waals surface area contributed by atoms with Crippen molar-refractivity contribution in [3.63, 3.8) is 0 Å². The van der Waals surface area contributed by atoms with Gasteiger partial charge in [0.25, 0.3) is 0 Å². The lowest BCUT2D eigenvalue weighted by Crippen LogP contribution is -2.62. The van der Waals surface area contributed by atoms with Crippen LogP contribution in [0.15, 0.2) is 128 Å². The molecule has 2 aliphatic carbocycles. The predicted molar refractivity (Wildman–Crippen MR) is 453 cm³/mol. The number of carbonyl (C=O) groups excluding carboxylic acids is 1. The molecule has 618 valence electrons. The van der Waals surface area contributed by atoms with Crippen molar-refractivity contribution in [2.24, 2.45) is 0 Å². The molecule has 0 radical (unpaired) electrons. The summed E-state index contributed by atoms with van der Waals surface area (Å²) in [6, 6.07) is 25.4. The molecule has 4 unspecified atom stereocenters. The van der Waals surface area contributed by atoms with Gasteiger partial charge in [-0.1, -0.05) is 78.2 Å². The molecule has 117 heavy (non-hydrogen) atoms. The number of fused-ring (bicyclic) bond motifs is 9. The van der Waals surface area contributed by atoms with Crippen molar-refractivity contribution in [3.05, 3.63) is 176 Å². The number of amides is 1. The number of nitrogens with zero attached hydrogens (tertiary/aromatic N) is 13. The summed E-state index contributed by atoms with van der Waals surface area (Å²) in [6.45, 7) is 7.52. The highest BCUT2D eigenvalue weighted by Crippen LogP contribution is 2.44. The second kappa shape index (κ2) is 33.1. The number of pyridine rings is 1. The second-order valence-corrected chi connectivity index (χ2v) is 38.4. The van der Waals surface area contributed by atoms with E-state index in [9.17, 15) is 43.2 Å². The Morgan fingerprint density at radius 2 is 0.872 bits per heavy atom. The number of halogens is 7. The average molecular weight is 1740 g/mol. The van der Waals surface area contributed by atoms with E-state index < -0.39 is 41.8 Å². The minimum absolute atomic E-state index is 0.0448. The molecular formula is C79H87Cl4F3N20O8S3. The van der Waals surface area contributed by atoms with Gasteiger partial charge in [-0.25, -0.2) is 30.0 Å². The molecule has 20 rings (SSSR count). The summed E-state index contributed by atoms with van der Waals surface area (Å²) < 4.78 is 123. The van der Waals surface area contributed by atoms with E-state index in [0.29, 0.717) is 63.5 Å². The minimum atomic E-state index is -4.46. The van der Waals surface area contributed by atoms with Gasteiger partial charge in [0.2, 0.25) is 30.1 Å². The number of piperazine rings is 2. The number of carbonyl (C=O) groups is 1. The summed E-state index contributed by atoms with van der Waals surface area (Å²) >= 11 is 24.9. The molecule has 2 saturated carbocycles. The number of H-pyrrole nitrogens is 5. The number of rotatable bonds is 9. The normalized spacial score (nSPS) is 20.4. The fraction of sp³-hybridized carbons (Fsp3) is 0.405. The quantitative estimate of drug-likeness (QED) is 0.0706. The van der Waals surface area contributed by atoms with Crippen LogP contribution in [0.3, 0.4) is 0 Å². The molecule has 12 aromatic rings. The molecule has 6 aliphatic heterocycles. The van der Waals surface area contributed by atoms with Crippen LogP contribution in [0, 0.1) is 0 Å². The summed E-state index contributed by atoms with van der Waals surface area (Å²) in [5.74, 6) is 0. The first kappa shape index (κ1) is 81.4. The number of alkyl halides is 3. The zero-order valence-corrected chi connectivity index (χ0v) is 69.6. The topological polar surface area (TPSA) is 332 Å². The molecule has 38 heteroatoms. The van der Waals surface area contributed by atoms with Gasteiger partial charge in [0, 0.05) is 196 Å². The van der Waals surface area contributed by atoms with Crippen LogP contribution >= 0.6 is 46.4 Å². The van der Waals surface area contributed by atoms with Crippen molar-refractivity contribution in [3.8, 4) is 0 Å². The lowest BCUT2D eigenvalue weighted by atomic mass is 9.87. The Labute approximate surface area is 693 Å². The van der Waals surface area contributed by atoms with E-state index in [1.165, 1.54) is 45.8 Å². The Morgan fingerprint density at radius 1 is 0.462 bits per heavy atom. The van der Waals surface area contributed by atoms with Crippen LogP contribution < -0.4 is 34.5 Å². The number of benzene rings is 6. The summed E-state index contributed by atoms with van der Waals surface area (Å²) in [7, 11) is -9.80. The Bertz CT molecular complexity index is 6060. The molecule has 6 fully saturated rings. The molecule has 6 aromatic carbocycles. The molecular weight excluding hydrogens is 1650 g/mol. The van der Waals surface area contributed by atoms with Crippen LogP contribution in [0.2, 0.25) is 20.1 Å². The SMILES string of the molecule is CS(=O)(=O)N1CCN(c2cc(C(F)(F)F)cc3[nH]ncc23)C2CCCCC21.CS(=O)(=O)N1CCN(c2cc(Cl)cc3[nH]ncc23)C2CCCCC21.CS(=O)(=O)Nc1ccc2c(c1)CCN(c1cc(Cl)cc3[nH]ncc13)C2.Clc1cc(N2CCc3cnccc3C2)c2cn[nH]c2c1.O=C1NCC2(CCN(c3cc(Cl)cc4[nH]ncc34)CC2)O1. The van der Waals surface area contributed by atoms with Crippen molar-refractivity contribution >= 4 is 171 Å². The van der Waals surface area contributed by atoms with Crippen LogP contribution in [0.5, 0.6) is 0 Å². The zero-order chi connectivity index (χ0) is 81.9. The number of ether oxygens (including phenoxy) is 1. The third-order valence-corrected chi connectivity index (χ3v) is 27.6. The largest absolute Gasteiger partial charge is 0.441 e. The standard InChI is InChI=1S/C17H17ClN4O2S.C17H21F3N4O2S.C16H21ClN4O2S.C15H13ClN4.C14H15ClN4O2/c1-25(23,24)21-14-3-2-12-10-22(5-4-11(12)6-14)17-8-13(18)7-16-15(17)9-19-20-16;1-27(25,26)24-7-6-23(14-4-2-3-5-15(14)24)16-9-11(17(18,19)20)8-13-12(16)10-21-22-13;1-24(22,23)21-7-6-20(14-4-2-3-5-15(14)21)16-9-11(17)8-13-12(16)10-18-19-13;16-12-5-14-13(8-18-19-14)15(6-12)20-4-2-10-7-17-3-1-11(10)9-20;15-9-5-11-10(7-17-18-11)12(6-9)19-3-1-14(2-4-19)8-16-13(20)21-14/h2-3,6-9,21H,4-5,10H2,1H3,(H,19,20);8-10,14-15H,2-7H2,1H3,(H,21,22);8-10,14-15H,2-7H2,1H3,(H,18,19);1,3,5-8H,2,4,9H2,(H,18,19);5-7H,1-4,8H2,(H,16,20)(H,17,18). The lowest BCUT2D eigenvalue weighted by Gasteiger charge is -2.50. The van der Waals surface area contributed by atoms with Crippen molar-refractivity contribution in [2.45, 2.75) is 126 Å². The maximum absolute atomic E-state index is 13.4. The van der Waals surface area contributed by atoms with Gasteiger partial charge in [-0.3, -0.25) is 35.2 Å². The van der Waals surface area contributed by atoms with Gasteiger partial charge in [0.15, 0.2) is 0 Å². The lowest BCUT2D eigenvalue weighted by molar-refractivity contribution is -0.137. The van der Waals surface area contributed by atoms with Gasteiger partial charge in [-0.2, -0.15) is 47.3 Å². The number of anilines is 6. The van der Waals surface area contributed by atoms with E-state index in [2.05, 4.69) is 91.7 Å². The minimum Gasteiger partial charge on any atom is -0.441 e. The monoisotopic (exact) mass is 1740 g/mol. The molecule has 8 aliphatic rings. The van der Waals surface area contributed by atoms with Crippen molar-refractivity contribution in [1.82, 2.24) is 69.9 Å². The van der Waals surface area contributed by atoms with Gasteiger partial charge < -0.3 is 34.6 Å². The zero-order valence-electron chi connectivity index (χ0n) is 64.1. The summed E-state index contributed by atoms with van der Waals surface area (Å²) in [4.78, 5) is 26.7. The predicted octanol–water partition coefficient (Wildman–Crippen LogP) is 14.2. The van der Waals surface area contributed by atoms with E-state index in [0.717, 1.165) is 206 Å². The van der Waals surface area contributed by atoms with Crippen molar-refractivity contribution in [2.75, 3.05) is 107 Å². The first-order chi connectivity index (χ1) is 56.0. The smallest absolute Gasteiger partial charge is 0.416 e. The first-order valence-corrected chi connectivity index (χ1v) is 45.8. The Morgan fingerprint density at radius 3 is 1.31 bits per heavy atom. The van der Waals surface area contributed by atoms with Gasteiger partial charge in [-0.05, 0) is 140 Å². The average Bonchev–Trinajstić information content (AvgIpc) is 1.49. The fourth-order valence-corrected chi connectivity index (χ4v) is 21.8. The van der Waals surface area contributed by atoms with E-state index >= 15 is 0 Å². The molecule has 12 heterocycles. The van der Waals surface area contributed by atoms with Crippen molar-refractivity contribution < 1.29 is 48.0 Å². The summed E-state index contributed by atoms with van der Waals surface area (Å²) in [5.41, 5.74) is 13.4. The van der Waals surface area contributed by atoms with E-state index in [4.69, 9.17) is 51.1 Å². The number of aromatic amines is 5. The number of nitrogens with one attached hydrogen (secondary N) is 7. The summed E-state index contributed by atoms with van der Waals surface area (Å²) in [6.07, 6.45) is 22.5.